The van der Waals surface area contributed by atoms with Crippen LogP contribution in [0, 0.1) is 11.6 Å². The molecule has 178 valence electrons. The maximum atomic E-state index is 13.9. The number of amides is 1. The third-order valence-corrected chi connectivity index (χ3v) is 5.43. The van der Waals surface area contributed by atoms with Crippen molar-refractivity contribution in [2.24, 2.45) is 0 Å². The summed E-state index contributed by atoms with van der Waals surface area (Å²) in [6.45, 7) is 6.12. The number of unbranched alkanes of at least 4 members (excludes halogenated alkanes) is 1. The first-order chi connectivity index (χ1) is 15.8. The number of carbonyl (C=O) groups is 2. The molecule has 1 amide bonds. The van der Waals surface area contributed by atoms with E-state index in [4.69, 9.17) is 0 Å². The molecule has 0 bridgehead atoms. The summed E-state index contributed by atoms with van der Waals surface area (Å²) >= 11 is 1.03. The normalized spacial score (nSPS) is 12.3. The van der Waals surface area contributed by atoms with Gasteiger partial charge in [-0.25, -0.2) is 14.2 Å². The Morgan fingerprint density at radius 1 is 1.21 bits per heavy atom. The summed E-state index contributed by atoms with van der Waals surface area (Å²) in [4.78, 5) is 25.4. The summed E-state index contributed by atoms with van der Waals surface area (Å²) in [5, 5.41) is 21.7. The molecule has 0 aliphatic carbocycles. The lowest BCUT2D eigenvalue weighted by Gasteiger charge is -2.14. The number of hydrogen-bond donors (Lipinski definition) is 4. The molecule has 0 spiro atoms. The van der Waals surface area contributed by atoms with E-state index in [1.165, 1.54) is 12.1 Å². The Bertz CT molecular complexity index is 1050. The smallest absolute Gasteiger partial charge is 0.272 e. The van der Waals surface area contributed by atoms with Crippen LogP contribution < -0.4 is 16.2 Å². The van der Waals surface area contributed by atoms with Gasteiger partial charge in [0.05, 0.1) is 5.57 Å². The lowest BCUT2D eigenvalue weighted by Crippen LogP contribution is -2.41. The van der Waals surface area contributed by atoms with E-state index in [1.807, 2.05) is 6.92 Å². The zero-order valence-corrected chi connectivity index (χ0v) is 19.5. The number of hydrazine groups is 1. The van der Waals surface area contributed by atoms with Crippen LogP contribution >= 0.6 is 11.3 Å². The highest BCUT2D eigenvalue weighted by Gasteiger charge is 2.26. The van der Waals surface area contributed by atoms with Crippen molar-refractivity contribution in [2.45, 2.75) is 40.0 Å². The number of aliphatic hydroxyl groups is 1. The Morgan fingerprint density at radius 3 is 2.61 bits per heavy atom. The number of halogens is 2. The SMILES string of the molecule is C/C=C(\C(=O)/C(O)=C(\NNCCCC)C(=O)NCC)c1nnc(Cc2ccc(F)cc2F)s1. The van der Waals surface area contributed by atoms with Crippen LogP contribution in [0.4, 0.5) is 8.78 Å². The van der Waals surface area contributed by atoms with Gasteiger partial charge in [0.2, 0.25) is 5.78 Å². The van der Waals surface area contributed by atoms with Gasteiger partial charge in [0.15, 0.2) is 16.5 Å². The van der Waals surface area contributed by atoms with Crippen molar-refractivity contribution in [3.63, 3.8) is 0 Å². The second kappa shape index (κ2) is 12.8. The molecular formula is C22H27F2N5O3S. The zero-order valence-electron chi connectivity index (χ0n) is 18.7. The van der Waals surface area contributed by atoms with Crippen LogP contribution in [-0.4, -0.2) is 40.1 Å². The van der Waals surface area contributed by atoms with Gasteiger partial charge in [-0.15, -0.1) is 10.2 Å². The number of aliphatic hydroxyl groups excluding tert-OH is 1. The highest BCUT2D eigenvalue weighted by molar-refractivity contribution is 7.12. The molecule has 0 unspecified atom stereocenters. The Labute approximate surface area is 194 Å². The van der Waals surface area contributed by atoms with Gasteiger partial charge in [-0.05, 0) is 31.9 Å². The second-order valence-electron chi connectivity index (χ2n) is 6.93. The molecule has 8 nitrogen and oxygen atoms in total. The van der Waals surface area contributed by atoms with Gasteiger partial charge in [0, 0.05) is 25.6 Å². The predicted molar refractivity (Wildman–Crippen MR) is 122 cm³/mol. The summed E-state index contributed by atoms with van der Waals surface area (Å²) in [6.07, 6.45) is 3.25. The third-order valence-electron chi connectivity index (χ3n) is 4.47. The third kappa shape index (κ3) is 7.16. The number of hydrogen-bond acceptors (Lipinski definition) is 8. The Balaban J connectivity index is 2.26. The van der Waals surface area contributed by atoms with Crippen molar-refractivity contribution in [1.29, 1.82) is 0 Å². The maximum absolute atomic E-state index is 13.9. The average Bonchev–Trinajstić information content (AvgIpc) is 3.24. The van der Waals surface area contributed by atoms with Crippen LogP contribution in [0.2, 0.25) is 0 Å². The van der Waals surface area contributed by atoms with Gasteiger partial charge < -0.3 is 15.8 Å². The highest BCUT2D eigenvalue weighted by atomic mass is 32.1. The fourth-order valence-electron chi connectivity index (χ4n) is 2.74. The fraction of sp³-hybridized carbons (Fsp3) is 0.364. The summed E-state index contributed by atoms with van der Waals surface area (Å²) in [5.41, 5.74) is 5.38. The Kier molecular flexibility index (Phi) is 10.1. The first-order valence-corrected chi connectivity index (χ1v) is 11.3. The van der Waals surface area contributed by atoms with Gasteiger partial charge in [-0.2, -0.15) is 0 Å². The summed E-state index contributed by atoms with van der Waals surface area (Å²) < 4.78 is 27.1. The van der Waals surface area contributed by atoms with Crippen molar-refractivity contribution in [2.75, 3.05) is 13.1 Å². The van der Waals surface area contributed by atoms with E-state index in [0.717, 1.165) is 36.3 Å². The standard InChI is InChI=1S/C22H27F2N5O3S/c1-4-7-10-26-28-18(21(32)25-6-3)20(31)19(30)15(5-2)22-29-27-17(33-22)11-13-8-9-14(23)12-16(13)24/h5,8-9,12,26,28,31H,4,6-7,10-11H2,1-3H3,(H,25,32)/b15-5+,20-18+. The highest BCUT2D eigenvalue weighted by Crippen LogP contribution is 2.25. The molecule has 0 aliphatic rings. The largest absolute Gasteiger partial charge is 0.503 e. The Hall–Kier alpha value is -3.18. The molecule has 0 aliphatic heterocycles. The molecule has 2 rings (SSSR count). The van der Waals surface area contributed by atoms with Gasteiger partial charge in [0.1, 0.15) is 16.6 Å². The van der Waals surface area contributed by atoms with Crippen molar-refractivity contribution in [3.05, 3.63) is 62.9 Å². The second-order valence-corrected chi connectivity index (χ2v) is 8.00. The number of Topliss-reactive ketones (excluding diaryl/α,β-unsaturated/α-hetero) is 1. The minimum atomic E-state index is -0.820. The average molecular weight is 480 g/mol. The molecule has 33 heavy (non-hydrogen) atoms. The van der Waals surface area contributed by atoms with E-state index in [-0.39, 0.29) is 28.3 Å². The number of allylic oxidation sites excluding steroid dienone is 2. The number of aromatic nitrogens is 2. The molecule has 0 atom stereocenters. The fourth-order valence-corrected chi connectivity index (χ4v) is 3.68. The summed E-state index contributed by atoms with van der Waals surface area (Å²) in [7, 11) is 0. The van der Waals surface area contributed by atoms with Crippen LogP contribution in [0.5, 0.6) is 0 Å². The van der Waals surface area contributed by atoms with Gasteiger partial charge in [0.25, 0.3) is 5.91 Å². The van der Waals surface area contributed by atoms with Crippen LogP contribution in [0.1, 0.15) is 49.2 Å². The number of carbonyl (C=O) groups excluding carboxylic acids is 2. The van der Waals surface area contributed by atoms with Crippen LogP contribution in [-0.2, 0) is 16.0 Å². The predicted octanol–water partition coefficient (Wildman–Crippen LogP) is 3.18. The van der Waals surface area contributed by atoms with E-state index in [9.17, 15) is 23.5 Å². The molecule has 2 aromatic rings. The number of benzene rings is 1. The topological polar surface area (TPSA) is 116 Å². The van der Waals surface area contributed by atoms with Gasteiger partial charge in [-0.3, -0.25) is 9.59 Å². The number of nitrogens with one attached hydrogen (secondary N) is 3. The molecule has 4 N–H and O–H groups in total. The molecule has 0 radical (unpaired) electrons. The zero-order chi connectivity index (χ0) is 24.4. The van der Waals surface area contributed by atoms with Crippen molar-refractivity contribution in [1.82, 2.24) is 26.4 Å². The van der Waals surface area contributed by atoms with E-state index < -0.39 is 29.1 Å². The quantitative estimate of drug-likeness (QED) is 0.160. The van der Waals surface area contributed by atoms with Crippen LogP contribution in [0.3, 0.4) is 0 Å². The molecule has 11 heteroatoms. The first kappa shape index (κ1) is 26.1. The van der Waals surface area contributed by atoms with Crippen LogP contribution in [0.25, 0.3) is 5.57 Å². The number of likely N-dealkylation sites (N-methyl/N-ethyl adjacent to an activating group) is 1. The van der Waals surface area contributed by atoms with E-state index in [1.54, 1.807) is 13.8 Å². The summed E-state index contributed by atoms with van der Waals surface area (Å²) in [5.74, 6) is -3.63. The number of rotatable bonds is 12. The molecular weight excluding hydrogens is 452 g/mol. The van der Waals surface area contributed by atoms with E-state index in [0.29, 0.717) is 18.1 Å². The molecule has 0 saturated carbocycles. The Morgan fingerprint density at radius 2 is 1.97 bits per heavy atom. The van der Waals surface area contributed by atoms with Crippen LogP contribution in [0.15, 0.2) is 35.7 Å². The van der Waals surface area contributed by atoms with Crippen molar-refractivity contribution < 1.29 is 23.5 Å². The lowest BCUT2D eigenvalue weighted by atomic mass is 10.1. The maximum Gasteiger partial charge on any atom is 0.272 e. The molecule has 1 aromatic heterocycles. The van der Waals surface area contributed by atoms with Crippen molar-refractivity contribution >= 4 is 28.6 Å². The minimum absolute atomic E-state index is 0.0352. The first-order valence-electron chi connectivity index (χ1n) is 10.5. The van der Waals surface area contributed by atoms with Gasteiger partial charge >= 0.3 is 0 Å². The molecule has 0 saturated heterocycles. The molecule has 0 fully saturated rings. The van der Waals surface area contributed by atoms with E-state index >= 15 is 0 Å². The van der Waals surface area contributed by atoms with Crippen molar-refractivity contribution in [3.8, 4) is 0 Å². The summed E-state index contributed by atoms with van der Waals surface area (Å²) in [6, 6.07) is 3.25. The minimum Gasteiger partial charge on any atom is -0.503 e. The number of ketones is 1. The van der Waals surface area contributed by atoms with Gasteiger partial charge in [-0.1, -0.05) is 36.8 Å². The monoisotopic (exact) mass is 479 g/mol. The van der Waals surface area contributed by atoms with E-state index in [2.05, 4.69) is 26.4 Å². The molecule has 1 heterocycles. The lowest BCUT2D eigenvalue weighted by molar-refractivity contribution is -0.119. The molecule has 1 aromatic carbocycles. The number of nitrogens with zero attached hydrogens (tertiary/aromatic N) is 2.